The Bertz CT molecular complexity index is 216. The van der Waals surface area contributed by atoms with Crippen molar-refractivity contribution in [2.75, 3.05) is 7.11 Å². The second-order valence-corrected chi connectivity index (χ2v) is 4.18. The molecule has 0 fully saturated rings. The molecule has 2 heteroatoms. The van der Waals surface area contributed by atoms with Crippen LogP contribution in [-0.2, 0) is 9.53 Å². The Kier molecular flexibility index (Phi) is 3.12. The highest BCUT2D eigenvalue weighted by atomic mass is 16.5. The van der Waals surface area contributed by atoms with Crippen molar-refractivity contribution in [2.24, 2.45) is 11.3 Å². The van der Waals surface area contributed by atoms with E-state index in [0.717, 1.165) is 12.8 Å². The van der Waals surface area contributed by atoms with Gasteiger partial charge in [-0.15, -0.1) is 0 Å². The molecule has 0 spiro atoms. The average molecular weight is 182 g/mol. The number of allylic oxidation sites excluding steroid dienone is 2. The van der Waals surface area contributed by atoms with E-state index < -0.39 is 0 Å². The van der Waals surface area contributed by atoms with Gasteiger partial charge >= 0.3 is 5.97 Å². The summed E-state index contributed by atoms with van der Waals surface area (Å²) in [5.74, 6) is 0.234. The minimum atomic E-state index is -0.369. The van der Waals surface area contributed by atoms with E-state index in [-0.39, 0.29) is 11.4 Å². The van der Waals surface area contributed by atoms with Crippen LogP contribution >= 0.6 is 0 Å². The third kappa shape index (κ3) is 2.11. The van der Waals surface area contributed by atoms with Crippen LogP contribution in [0.5, 0.6) is 0 Å². The third-order valence-corrected chi connectivity index (χ3v) is 2.89. The first-order valence-corrected chi connectivity index (χ1v) is 4.84. The predicted octanol–water partition coefficient (Wildman–Crippen LogP) is 2.54. The standard InChI is InChI=1S/C11H18O2/c1-11(2,10(12)13-3)9-7-5-4-6-8-9/h5,7,9H,4,6,8H2,1-3H3. The number of carbonyl (C=O) groups is 1. The van der Waals surface area contributed by atoms with Crippen LogP contribution < -0.4 is 0 Å². The molecule has 0 N–H and O–H groups in total. The SMILES string of the molecule is COC(=O)C(C)(C)C1C=CCCC1. The van der Waals surface area contributed by atoms with Crippen LogP contribution in [0.4, 0.5) is 0 Å². The van der Waals surface area contributed by atoms with Crippen molar-refractivity contribution < 1.29 is 9.53 Å². The number of rotatable bonds is 2. The molecule has 1 unspecified atom stereocenters. The van der Waals surface area contributed by atoms with E-state index in [1.807, 2.05) is 13.8 Å². The minimum Gasteiger partial charge on any atom is -0.469 e. The summed E-state index contributed by atoms with van der Waals surface area (Å²) in [4.78, 5) is 11.5. The number of ether oxygens (including phenoxy) is 1. The van der Waals surface area contributed by atoms with Gasteiger partial charge < -0.3 is 4.74 Å². The predicted molar refractivity (Wildman–Crippen MR) is 52.3 cm³/mol. The molecule has 0 radical (unpaired) electrons. The smallest absolute Gasteiger partial charge is 0.311 e. The van der Waals surface area contributed by atoms with Gasteiger partial charge in [0.05, 0.1) is 12.5 Å². The summed E-state index contributed by atoms with van der Waals surface area (Å²) < 4.78 is 4.80. The molecular formula is C11H18O2. The summed E-state index contributed by atoms with van der Waals surface area (Å²) in [6, 6.07) is 0. The Hall–Kier alpha value is -0.790. The quantitative estimate of drug-likeness (QED) is 0.484. The lowest BCUT2D eigenvalue weighted by molar-refractivity contribution is -0.153. The van der Waals surface area contributed by atoms with Gasteiger partial charge in [-0.25, -0.2) is 0 Å². The second-order valence-electron chi connectivity index (χ2n) is 4.18. The molecule has 74 valence electrons. The maximum Gasteiger partial charge on any atom is 0.311 e. The zero-order valence-corrected chi connectivity index (χ0v) is 8.67. The van der Waals surface area contributed by atoms with Crippen molar-refractivity contribution >= 4 is 5.97 Å². The molecule has 13 heavy (non-hydrogen) atoms. The van der Waals surface area contributed by atoms with Gasteiger partial charge in [-0.2, -0.15) is 0 Å². The zero-order chi connectivity index (χ0) is 9.90. The van der Waals surface area contributed by atoms with Crippen molar-refractivity contribution in [3.05, 3.63) is 12.2 Å². The number of esters is 1. The maximum absolute atomic E-state index is 11.5. The van der Waals surface area contributed by atoms with Crippen LogP contribution in [0, 0.1) is 11.3 Å². The van der Waals surface area contributed by atoms with Crippen molar-refractivity contribution in [1.29, 1.82) is 0 Å². The van der Waals surface area contributed by atoms with Gasteiger partial charge in [0.15, 0.2) is 0 Å². The van der Waals surface area contributed by atoms with E-state index in [1.54, 1.807) is 0 Å². The molecule has 0 saturated carbocycles. The molecule has 1 atom stereocenters. The first kappa shape index (κ1) is 10.3. The van der Waals surface area contributed by atoms with Crippen LogP contribution in [0.1, 0.15) is 33.1 Å². The van der Waals surface area contributed by atoms with Crippen LogP contribution in [0.3, 0.4) is 0 Å². The monoisotopic (exact) mass is 182 g/mol. The van der Waals surface area contributed by atoms with Gasteiger partial charge in [-0.3, -0.25) is 4.79 Å². The molecule has 1 aliphatic carbocycles. The average Bonchev–Trinajstić information content (AvgIpc) is 2.18. The summed E-state index contributed by atoms with van der Waals surface area (Å²) in [5.41, 5.74) is -0.369. The first-order chi connectivity index (χ1) is 6.09. The van der Waals surface area contributed by atoms with Gasteiger partial charge in [-0.05, 0) is 39.0 Å². The van der Waals surface area contributed by atoms with Crippen molar-refractivity contribution in [3.63, 3.8) is 0 Å². The van der Waals surface area contributed by atoms with Crippen LogP contribution in [0.15, 0.2) is 12.2 Å². The van der Waals surface area contributed by atoms with Crippen LogP contribution in [0.2, 0.25) is 0 Å². The molecule has 0 heterocycles. The van der Waals surface area contributed by atoms with E-state index in [9.17, 15) is 4.79 Å². The second kappa shape index (κ2) is 3.95. The van der Waals surface area contributed by atoms with E-state index in [2.05, 4.69) is 12.2 Å². The molecule has 0 bridgehead atoms. The lowest BCUT2D eigenvalue weighted by Crippen LogP contribution is -2.33. The molecule has 1 rings (SSSR count). The van der Waals surface area contributed by atoms with Gasteiger partial charge in [0, 0.05) is 0 Å². The number of methoxy groups -OCH3 is 1. The van der Waals surface area contributed by atoms with E-state index >= 15 is 0 Å². The number of carbonyl (C=O) groups excluding carboxylic acids is 1. The zero-order valence-electron chi connectivity index (χ0n) is 8.67. The maximum atomic E-state index is 11.5. The molecule has 0 aliphatic heterocycles. The largest absolute Gasteiger partial charge is 0.469 e. The Balaban J connectivity index is 2.72. The third-order valence-electron chi connectivity index (χ3n) is 2.89. The highest BCUT2D eigenvalue weighted by Gasteiger charge is 2.36. The van der Waals surface area contributed by atoms with Crippen molar-refractivity contribution in [1.82, 2.24) is 0 Å². The molecule has 0 saturated heterocycles. The molecular weight excluding hydrogens is 164 g/mol. The molecule has 0 aromatic heterocycles. The van der Waals surface area contributed by atoms with Crippen LogP contribution in [-0.4, -0.2) is 13.1 Å². The van der Waals surface area contributed by atoms with Gasteiger partial charge in [0.1, 0.15) is 0 Å². The molecule has 0 aromatic rings. The summed E-state index contributed by atoms with van der Waals surface area (Å²) in [7, 11) is 1.45. The number of hydrogen-bond acceptors (Lipinski definition) is 2. The Morgan fingerprint density at radius 3 is 2.69 bits per heavy atom. The fourth-order valence-corrected chi connectivity index (χ4v) is 1.83. The summed E-state index contributed by atoms with van der Waals surface area (Å²) in [6.45, 7) is 3.92. The van der Waals surface area contributed by atoms with E-state index in [1.165, 1.54) is 13.5 Å². The van der Waals surface area contributed by atoms with E-state index in [4.69, 9.17) is 4.74 Å². The summed E-state index contributed by atoms with van der Waals surface area (Å²) in [5, 5.41) is 0. The first-order valence-electron chi connectivity index (χ1n) is 4.84. The normalized spacial score (nSPS) is 22.8. The van der Waals surface area contributed by atoms with Gasteiger partial charge in [-0.1, -0.05) is 12.2 Å². The minimum absolute atomic E-state index is 0.107. The Morgan fingerprint density at radius 1 is 1.54 bits per heavy atom. The fraction of sp³-hybridized carbons (Fsp3) is 0.727. The highest BCUT2D eigenvalue weighted by molar-refractivity contribution is 5.76. The Labute approximate surface area is 80.0 Å². The lowest BCUT2D eigenvalue weighted by atomic mass is 9.74. The van der Waals surface area contributed by atoms with Gasteiger partial charge in [0.2, 0.25) is 0 Å². The molecule has 1 aliphatic rings. The highest BCUT2D eigenvalue weighted by Crippen LogP contribution is 2.35. The molecule has 2 nitrogen and oxygen atoms in total. The summed E-state index contributed by atoms with van der Waals surface area (Å²) >= 11 is 0. The number of hydrogen-bond donors (Lipinski definition) is 0. The topological polar surface area (TPSA) is 26.3 Å². The van der Waals surface area contributed by atoms with Crippen LogP contribution in [0.25, 0.3) is 0 Å². The van der Waals surface area contributed by atoms with E-state index in [0.29, 0.717) is 5.92 Å². The fourth-order valence-electron chi connectivity index (χ4n) is 1.83. The lowest BCUT2D eigenvalue weighted by Gasteiger charge is -2.31. The van der Waals surface area contributed by atoms with Crippen molar-refractivity contribution in [3.8, 4) is 0 Å². The van der Waals surface area contributed by atoms with Gasteiger partial charge in [0.25, 0.3) is 0 Å². The summed E-state index contributed by atoms with van der Waals surface area (Å²) in [6.07, 6.45) is 7.74. The van der Waals surface area contributed by atoms with Crippen molar-refractivity contribution in [2.45, 2.75) is 33.1 Å². The Morgan fingerprint density at radius 2 is 2.23 bits per heavy atom. The molecule has 0 aromatic carbocycles. The molecule has 0 amide bonds.